The lowest BCUT2D eigenvalue weighted by molar-refractivity contribution is 1.10. The van der Waals surface area contributed by atoms with E-state index in [9.17, 15) is 0 Å². The Balaban J connectivity index is 1.99. The Bertz CT molecular complexity index is 699. The van der Waals surface area contributed by atoms with Crippen LogP contribution in [-0.4, -0.2) is 15.2 Å². The lowest BCUT2D eigenvalue weighted by atomic mass is 10.0. The van der Waals surface area contributed by atoms with Gasteiger partial charge in [-0.2, -0.15) is 5.10 Å². The highest BCUT2D eigenvalue weighted by Crippen LogP contribution is 2.24. The van der Waals surface area contributed by atoms with Gasteiger partial charge >= 0.3 is 0 Å². The van der Waals surface area contributed by atoms with Crippen molar-refractivity contribution in [2.45, 2.75) is 13.8 Å². The lowest BCUT2D eigenvalue weighted by Crippen LogP contribution is -1.83. The Hall–Kier alpha value is -2.42. The summed E-state index contributed by atoms with van der Waals surface area (Å²) in [5.41, 5.74) is 6.79. The Labute approximate surface area is 112 Å². The molecule has 94 valence electrons. The molecule has 0 unspecified atom stereocenters. The highest BCUT2D eigenvalue weighted by molar-refractivity contribution is 5.68. The molecule has 2 aromatic heterocycles. The van der Waals surface area contributed by atoms with Crippen LogP contribution in [0.25, 0.3) is 22.5 Å². The van der Waals surface area contributed by atoms with Crippen LogP contribution in [0.15, 0.2) is 48.8 Å². The van der Waals surface area contributed by atoms with Gasteiger partial charge in [0.05, 0.1) is 11.4 Å². The molecule has 3 nitrogen and oxygen atoms in total. The quantitative estimate of drug-likeness (QED) is 0.751. The second-order valence-electron chi connectivity index (χ2n) is 4.70. The standard InChI is InChI=1S/C16H15N3/c1-11-3-4-14(9-12(11)2)16-10-15(18-19-16)13-5-7-17-8-6-13/h3-10H,1-2H3,(H,18,19). The average molecular weight is 249 g/mol. The fraction of sp³-hybridized carbons (Fsp3) is 0.125. The molecule has 2 heterocycles. The third kappa shape index (κ3) is 2.27. The molecule has 0 bridgehead atoms. The van der Waals surface area contributed by atoms with Gasteiger partial charge in [-0.25, -0.2) is 0 Å². The number of hydrogen-bond acceptors (Lipinski definition) is 2. The van der Waals surface area contributed by atoms with Crippen molar-refractivity contribution in [3.05, 3.63) is 59.9 Å². The van der Waals surface area contributed by atoms with Gasteiger partial charge in [0.1, 0.15) is 0 Å². The molecule has 0 spiro atoms. The van der Waals surface area contributed by atoms with Crippen molar-refractivity contribution in [3.63, 3.8) is 0 Å². The Morgan fingerprint density at radius 3 is 2.37 bits per heavy atom. The van der Waals surface area contributed by atoms with E-state index in [1.54, 1.807) is 12.4 Å². The predicted molar refractivity (Wildman–Crippen MR) is 76.7 cm³/mol. The third-order valence-electron chi connectivity index (χ3n) is 3.37. The molecular weight excluding hydrogens is 234 g/mol. The molecule has 0 aliphatic heterocycles. The fourth-order valence-electron chi connectivity index (χ4n) is 2.05. The first-order valence-corrected chi connectivity index (χ1v) is 6.27. The average Bonchev–Trinajstić information content (AvgIpc) is 2.93. The van der Waals surface area contributed by atoms with Crippen molar-refractivity contribution in [3.8, 4) is 22.5 Å². The smallest absolute Gasteiger partial charge is 0.0927 e. The van der Waals surface area contributed by atoms with Crippen molar-refractivity contribution in [2.24, 2.45) is 0 Å². The van der Waals surface area contributed by atoms with Gasteiger partial charge in [0.25, 0.3) is 0 Å². The number of aromatic nitrogens is 3. The van der Waals surface area contributed by atoms with Crippen molar-refractivity contribution in [1.82, 2.24) is 15.2 Å². The van der Waals surface area contributed by atoms with E-state index in [0.29, 0.717) is 0 Å². The molecule has 19 heavy (non-hydrogen) atoms. The largest absolute Gasteiger partial charge is 0.277 e. The summed E-state index contributed by atoms with van der Waals surface area (Å²) >= 11 is 0. The molecule has 3 aromatic rings. The maximum Gasteiger partial charge on any atom is 0.0927 e. The van der Waals surface area contributed by atoms with Crippen LogP contribution < -0.4 is 0 Å². The van der Waals surface area contributed by atoms with Crippen LogP contribution in [0.4, 0.5) is 0 Å². The minimum Gasteiger partial charge on any atom is -0.277 e. The number of pyridine rings is 1. The maximum absolute atomic E-state index is 4.39. The summed E-state index contributed by atoms with van der Waals surface area (Å²) in [7, 11) is 0. The van der Waals surface area contributed by atoms with Crippen LogP contribution in [0.3, 0.4) is 0 Å². The molecule has 0 saturated carbocycles. The molecule has 1 aromatic carbocycles. The summed E-state index contributed by atoms with van der Waals surface area (Å²) in [6.07, 6.45) is 3.57. The van der Waals surface area contributed by atoms with Crippen LogP contribution in [0, 0.1) is 13.8 Å². The second-order valence-corrected chi connectivity index (χ2v) is 4.70. The number of nitrogens with zero attached hydrogens (tertiary/aromatic N) is 2. The second kappa shape index (κ2) is 4.69. The summed E-state index contributed by atoms with van der Waals surface area (Å²) < 4.78 is 0. The van der Waals surface area contributed by atoms with Crippen molar-refractivity contribution >= 4 is 0 Å². The number of rotatable bonds is 2. The van der Waals surface area contributed by atoms with Crippen molar-refractivity contribution in [2.75, 3.05) is 0 Å². The van der Waals surface area contributed by atoms with Gasteiger partial charge in [0, 0.05) is 23.5 Å². The lowest BCUT2D eigenvalue weighted by Gasteiger charge is -2.01. The summed E-state index contributed by atoms with van der Waals surface area (Å²) in [6.45, 7) is 4.24. The summed E-state index contributed by atoms with van der Waals surface area (Å²) in [6, 6.07) is 12.4. The van der Waals surface area contributed by atoms with E-state index < -0.39 is 0 Å². The number of H-pyrrole nitrogens is 1. The zero-order chi connectivity index (χ0) is 13.2. The third-order valence-corrected chi connectivity index (χ3v) is 3.37. The Morgan fingerprint density at radius 2 is 1.63 bits per heavy atom. The van der Waals surface area contributed by atoms with Gasteiger partial charge in [-0.15, -0.1) is 0 Å². The van der Waals surface area contributed by atoms with Gasteiger partial charge < -0.3 is 0 Å². The minimum absolute atomic E-state index is 0.968. The number of aromatic amines is 1. The first-order chi connectivity index (χ1) is 9.24. The van der Waals surface area contributed by atoms with Gasteiger partial charge in [0.2, 0.25) is 0 Å². The molecule has 1 N–H and O–H groups in total. The molecule has 0 amide bonds. The van der Waals surface area contributed by atoms with Crippen LogP contribution in [0.2, 0.25) is 0 Å². The molecule has 0 aliphatic carbocycles. The topological polar surface area (TPSA) is 41.6 Å². The first-order valence-electron chi connectivity index (χ1n) is 6.27. The normalized spacial score (nSPS) is 10.6. The molecule has 0 atom stereocenters. The van der Waals surface area contributed by atoms with Gasteiger partial charge in [-0.05, 0) is 49.2 Å². The SMILES string of the molecule is Cc1ccc(-c2cc(-c3ccncc3)[nH]n2)cc1C. The monoisotopic (exact) mass is 249 g/mol. The number of nitrogens with one attached hydrogen (secondary N) is 1. The molecule has 0 radical (unpaired) electrons. The summed E-state index contributed by atoms with van der Waals surface area (Å²) in [5.74, 6) is 0. The zero-order valence-electron chi connectivity index (χ0n) is 11.0. The number of aryl methyl sites for hydroxylation is 2. The highest BCUT2D eigenvalue weighted by Gasteiger charge is 2.06. The van der Waals surface area contributed by atoms with Gasteiger partial charge in [-0.1, -0.05) is 12.1 Å². The van der Waals surface area contributed by atoms with Crippen molar-refractivity contribution in [1.29, 1.82) is 0 Å². The van der Waals surface area contributed by atoms with Gasteiger partial charge in [-0.3, -0.25) is 10.1 Å². The summed E-state index contributed by atoms with van der Waals surface area (Å²) in [4.78, 5) is 4.02. The van der Waals surface area contributed by atoms with E-state index in [1.807, 2.05) is 12.1 Å². The maximum atomic E-state index is 4.39. The fourth-order valence-corrected chi connectivity index (χ4v) is 2.05. The molecular formula is C16H15N3. The predicted octanol–water partition coefficient (Wildman–Crippen LogP) is 3.76. The molecule has 0 fully saturated rings. The zero-order valence-corrected chi connectivity index (χ0v) is 11.0. The van der Waals surface area contributed by atoms with Crippen molar-refractivity contribution < 1.29 is 0 Å². The molecule has 3 rings (SSSR count). The minimum atomic E-state index is 0.968. The van der Waals surface area contributed by atoms with E-state index in [0.717, 1.165) is 22.5 Å². The molecule has 0 saturated heterocycles. The Morgan fingerprint density at radius 1 is 0.842 bits per heavy atom. The highest BCUT2D eigenvalue weighted by atomic mass is 15.1. The van der Waals surface area contributed by atoms with E-state index >= 15 is 0 Å². The number of hydrogen-bond donors (Lipinski definition) is 1. The van der Waals surface area contributed by atoms with E-state index in [2.05, 4.69) is 53.3 Å². The molecule has 0 aliphatic rings. The first kappa shape index (κ1) is 11.7. The number of benzene rings is 1. The Kier molecular flexibility index (Phi) is 2.88. The van der Waals surface area contributed by atoms with Crippen LogP contribution in [0.5, 0.6) is 0 Å². The van der Waals surface area contributed by atoms with E-state index in [-0.39, 0.29) is 0 Å². The molecule has 3 heteroatoms. The summed E-state index contributed by atoms with van der Waals surface area (Å²) in [5, 5.41) is 7.47. The van der Waals surface area contributed by atoms with E-state index in [4.69, 9.17) is 0 Å². The van der Waals surface area contributed by atoms with Crippen LogP contribution >= 0.6 is 0 Å². The van der Waals surface area contributed by atoms with Crippen LogP contribution in [-0.2, 0) is 0 Å². The van der Waals surface area contributed by atoms with Crippen LogP contribution in [0.1, 0.15) is 11.1 Å². The van der Waals surface area contributed by atoms with Gasteiger partial charge in [0.15, 0.2) is 0 Å². The van der Waals surface area contributed by atoms with E-state index in [1.165, 1.54) is 11.1 Å².